The van der Waals surface area contributed by atoms with Crippen molar-refractivity contribution in [2.45, 2.75) is 32.8 Å². The molecule has 2 rings (SSSR count). The van der Waals surface area contributed by atoms with Gasteiger partial charge in [-0.3, -0.25) is 0 Å². The van der Waals surface area contributed by atoms with Crippen LogP contribution >= 0.6 is 0 Å². The number of aromatic nitrogens is 2. The summed E-state index contributed by atoms with van der Waals surface area (Å²) in [5.41, 5.74) is -0.478. The Labute approximate surface area is 130 Å². The molecule has 0 bridgehead atoms. The van der Waals surface area contributed by atoms with Gasteiger partial charge >= 0.3 is 6.09 Å². The van der Waals surface area contributed by atoms with E-state index in [0.29, 0.717) is 31.5 Å². The Morgan fingerprint density at radius 1 is 1.45 bits per heavy atom. The molecule has 6 nitrogen and oxygen atoms in total. The molecule has 1 atom stereocenters. The number of nitrogens with zero attached hydrogens (tertiary/aromatic N) is 4. The zero-order chi connectivity index (χ0) is 16.3. The molecule has 1 saturated heterocycles. The van der Waals surface area contributed by atoms with Gasteiger partial charge in [0.1, 0.15) is 5.60 Å². The second-order valence-corrected chi connectivity index (χ2v) is 6.66. The molecule has 0 aliphatic carbocycles. The van der Waals surface area contributed by atoms with E-state index < -0.39 is 11.4 Å². The highest BCUT2D eigenvalue weighted by molar-refractivity contribution is 5.68. The second-order valence-electron chi connectivity index (χ2n) is 6.66. The largest absolute Gasteiger partial charge is 0.444 e. The minimum Gasteiger partial charge on any atom is -0.444 e. The van der Waals surface area contributed by atoms with Crippen LogP contribution in [0.25, 0.3) is 0 Å². The molecule has 0 aromatic carbocycles. The maximum atomic E-state index is 12.8. The number of likely N-dealkylation sites (tertiary alicyclic amines) is 1. The highest BCUT2D eigenvalue weighted by Gasteiger charge is 2.30. The van der Waals surface area contributed by atoms with Gasteiger partial charge in [0.2, 0.25) is 5.95 Å². The summed E-state index contributed by atoms with van der Waals surface area (Å²) in [4.78, 5) is 23.5. The van der Waals surface area contributed by atoms with Gasteiger partial charge in [-0.2, -0.15) is 0 Å². The van der Waals surface area contributed by atoms with Gasteiger partial charge in [-0.15, -0.1) is 0 Å². The Balaban J connectivity index is 1.85. The van der Waals surface area contributed by atoms with E-state index in [1.165, 1.54) is 0 Å². The smallest absolute Gasteiger partial charge is 0.410 e. The van der Waals surface area contributed by atoms with E-state index in [0.717, 1.165) is 18.8 Å². The van der Waals surface area contributed by atoms with E-state index in [-0.39, 0.29) is 6.09 Å². The van der Waals surface area contributed by atoms with Crippen LogP contribution in [0.2, 0.25) is 0 Å². The summed E-state index contributed by atoms with van der Waals surface area (Å²) in [5.74, 6) is 0.359. The lowest BCUT2D eigenvalue weighted by molar-refractivity contribution is 0.0288. The molecule has 7 heteroatoms. The van der Waals surface area contributed by atoms with Crippen LogP contribution in [-0.4, -0.2) is 53.2 Å². The van der Waals surface area contributed by atoms with Gasteiger partial charge in [0.05, 0.1) is 12.4 Å². The zero-order valence-corrected chi connectivity index (χ0v) is 13.5. The number of halogens is 1. The molecule has 2 heterocycles. The summed E-state index contributed by atoms with van der Waals surface area (Å²) < 4.78 is 18.2. The molecule has 122 valence electrons. The number of anilines is 1. The van der Waals surface area contributed by atoms with E-state index in [9.17, 15) is 9.18 Å². The topological polar surface area (TPSA) is 58.6 Å². The molecular formula is C15H23FN4O2. The maximum absolute atomic E-state index is 12.8. The van der Waals surface area contributed by atoms with E-state index in [1.807, 2.05) is 32.7 Å². The number of amides is 1. The Hall–Kier alpha value is -1.92. The van der Waals surface area contributed by atoms with Gasteiger partial charge in [-0.05, 0) is 33.1 Å². The molecule has 1 aliphatic heterocycles. The first-order valence-electron chi connectivity index (χ1n) is 7.41. The first kappa shape index (κ1) is 16.5. The van der Waals surface area contributed by atoms with Crippen LogP contribution in [0, 0.1) is 11.7 Å². The minimum atomic E-state index is -0.478. The molecule has 0 N–H and O–H groups in total. The number of rotatable bonds is 3. The van der Waals surface area contributed by atoms with Crippen molar-refractivity contribution in [2.24, 2.45) is 5.92 Å². The minimum absolute atomic E-state index is 0.268. The second kappa shape index (κ2) is 6.46. The van der Waals surface area contributed by atoms with Crippen molar-refractivity contribution in [2.75, 3.05) is 31.6 Å². The Bertz CT molecular complexity index is 515. The third-order valence-electron chi connectivity index (χ3n) is 3.42. The summed E-state index contributed by atoms with van der Waals surface area (Å²) in [5, 5.41) is 0. The molecule has 0 saturated carbocycles. The van der Waals surface area contributed by atoms with Crippen molar-refractivity contribution in [3.63, 3.8) is 0 Å². The average Bonchev–Trinajstić information content (AvgIpc) is 2.86. The van der Waals surface area contributed by atoms with Gasteiger partial charge in [0.25, 0.3) is 0 Å². The number of ether oxygens (including phenoxy) is 1. The summed E-state index contributed by atoms with van der Waals surface area (Å²) in [7, 11) is 1.86. The van der Waals surface area contributed by atoms with E-state index in [1.54, 1.807) is 4.90 Å². The summed E-state index contributed by atoms with van der Waals surface area (Å²) in [6.45, 7) is 7.64. The molecule has 1 aromatic heterocycles. The standard InChI is InChI=1S/C15H23FN4O2/c1-15(2,3)22-14(21)20-6-5-11(10-20)9-19(4)13-17-7-12(16)8-18-13/h7-8,11H,5-6,9-10H2,1-4H3/t11-/m1/s1. The fraction of sp³-hybridized carbons (Fsp3) is 0.667. The molecule has 0 unspecified atom stereocenters. The van der Waals surface area contributed by atoms with Crippen molar-refractivity contribution in [3.05, 3.63) is 18.2 Å². The monoisotopic (exact) mass is 310 g/mol. The number of hydrogen-bond acceptors (Lipinski definition) is 5. The third kappa shape index (κ3) is 4.54. The van der Waals surface area contributed by atoms with Gasteiger partial charge in [0.15, 0.2) is 5.82 Å². The van der Waals surface area contributed by atoms with Crippen molar-refractivity contribution >= 4 is 12.0 Å². The van der Waals surface area contributed by atoms with Gasteiger partial charge in [-0.1, -0.05) is 0 Å². The lowest BCUT2D eigenvalue weighted by Crippen LogP contribution is -2.36. The molecule has 0 radical (unpaired) electrons. The van der Waals surface area contributed by atoms with Crippen LogP contribution in [0.5, 0.6) is 0 Å². The molecule has 1 amide bonds. The Morgan fingerprint density at radius 3 is 2.68 bits per heavy atom. The van der Waals surface area contributed by atoms with Crippen LogP contribution in [-0.2, 0) is 4.74 Å². The van der Waals surface area contributed by atoms with E-state index >= 15 is 0 Å². The van der Waals surface area contributed by atoms with E-state index in [4.69, 9.17) is 4.74 Å². The lowest BCUT2D eigenvalue weighted by Gasteiger charge is -2.25. The summed E-state index contributed by atoms with van der Waals surface area (Å²) in [6, 6.07) is 0. The maximum Gasteiger partial charge on any atom is 0.410 e. The number of carbonyl (C=O) groups excluding carboxylic acids is 1. The van der Waals surface area contributed by atoms with Gasteiger partial charge < -0.3 is 14.5 Å². The fourth-order valence-corrected chi connectivity index (χ4v) is 2.45. The fourth-order valence-electron chi connectivity index (χ4n) is 2.45. The molecule has 1 aromatic rings. The van der Waals surface area contributed by atoms with Crippen molar-refractivity contribution in [3.8, 4) is 0 Å². The van der Waals surface area contributed by atoms with Gasteiger partial charge in [-0.25, -0.2) is 19.2 Å². The number of carbonyl (C=O) groups is 1. The number of hydrogen-bond donors (Lipinski definition) is 0. The van der Waals surface area contributed by atoms with Crippen LogP contribution in [0.15, 0.2) is 12.4 Å². The molecule has 1 fully saturated rings. The van der Waals surface area contributed by atoms with Crippen LogP contribution in [0.1, 0.15) is 27.2 Å². The first-order valence-corrected chi connectivity index (χ1v) is 7.41. The lowest BCUT2D eigenvalue weighted by atomic mass is 10.1. The van der Waals surface area contributed by atoms with Crippen molar-refractivity contribution < 1.29 is 13.9 Å². The molecular weight excluding hydrogens is 287 g/mol. The summed E-state index contributed by atoms with van der Waals surface area (Å²) >= 11 is 0. The average molecular weight is 310 g/mol. The normalized spacial score (nSPS) is 18.4. The predicted molar refractivity (Wildman–Crippen MR) is 81.2 cm³/mol. The van der Waals surface area contributed by atoms with Crippen molar-refractivity contribution in [1.82, 2.24) is 14.9 Å². The molecule has 1 aliphatic rings. The first-order chi connectivity index (χ1) is 10.2. The van der Waals surface area contributed by atoms with Crippen LogP contribution in [0.4, 0.5) is 15.1 Å². The molecule has 22 heavy (non-hydrogen) atoms. The van der Waals surface area contributed by atoms with E-state index in [2.05, 4.69) is 9.97 Å². The summed E-state index contributed by atoms with van der Waals surface area (Å²) in [6.07, 6.45) is 2.95. The quantitative estimate of drug-likeness (QED) is 0.857. The highest BCUT2D eigenvalue weighted by atomic mass is 19.1. The Kier molecular flexibility index (Phi) is 4.83. The predicted octanol–water partition coefficient (Wildman–Crippen LogP) is 2.31. The van der Waals surface area contributed by atoms with Crippen LogP contribution in [0.3, 0.4) is 0 Å². The third-order valence-corrected chi connectivity index (χ3v) is 3.42. The highest BCUT2D eigenvalue weighted by Crippen LogP contribution is 2.21. The molecule has 0 spiro atoms. The zero-order valence-electron chi connectivity index (χ0n) is 13.5. The van der Waals surface area contributed by atoms with Crippen LogP contribution < -0.4 is 4.90 Å². The van der Waals surface area contributed by atoms with Gasteiger partial charge in [0, 0.05) is 26.7 Å². The Morgan fingerprint density at radius 2 is 2.09 bits per heavy atom. The van der Waals surface area contributed by atoms with Crippen molar-refractivity contribution in [1.29, 1.82) is 0 Å². The SMILES string of the molecule is CN(C[C@H]1CCN(C(=O)OC(C)(C)C)C1)c1ncc(F)cn1.